The fraction of sp³-hybridized carbons (Fsp3) is 0.316. The molecule has 0 aliphatic rings. The van der Waals surface area contributed by atoms with E-state index in [0.29, 0.717) is 35.2 Å². The van der Waals surface area contributed by atoms with E-state index in [2.05, 4.69) is 43.4 Å². The molecule has 1 amide bonds. The van der Waals surface area contributed by atoms with Gasteiger partial charge in [-0.15, -0.1) is 0 Å². The highest BCUT2D eigenvalue weighted by molar-refractivity contribution is 6.31. The third-order valence-corrected chi connectivity index (χ3v) is 3.96. The van der Waals surface area contributed by atoms with Gasteiger partial charge in [0, 0.05) is 11.4 Å². The molecular weight excluding hydrogens is 310 g/mol. The molecule has 23 heavy (non-hydrogen) atoms. The third kappa shape index (κ3) is 5.00. The molecule has 2 rings (SSSR count). The Morgan fingerprint density at radius 3 is 2.48 bits per heavy atom. The SMILES string of the molecule is COc1ccc(Cl)cc1NC(=O)CCc1ccc(C(C)C)cc1. The number of rotatable bonds is 6. The van der Waals surface area contributed by atoms with Gasteiger partial charge >= 0.3 is 0 Å². The van der Waals surface area contributed by atoms with Crippen LogP contribution in [0.1, 0.15) is 37.3 Å². The number of aryl methyl sites for hydroxylation is 1. The summed E-state index contributed by atoms with van der Waals surface area (Å²) >= 11 is 5.96. The predicted octanol–water partition coefficient (Wildman–Crippen LogP) is 5.04. The summed E-state index contributed by atoms with van der Waals surface area (Å²) in [4.78, 5) is 12.1. The van der Waals surface area contributed by atoms with Gasteiger partial charge in [-0.2, -0.15) is 0 Å². The maximum atomic E-state index is 12.1. The second kappa shape index (κ2) is 8.02. The first kappa shape index (κ1) is 17.4. The normalized spacial score (nSPS) is 10.7. The van der Waals surface area contributed by atoms with Crippen molar-refractivity contribution in [2.45, 2.75) is 32.6 Å². The molecule has 0 aromatic heterocycles. The number of carbonyl (C=O) groups excluding carboxylic acids is 1. The quantitative estimate of drug-likeness (QED) is 0.805. The average molecular weight is 332 g/mol. The van der Waals surface area contributed by atoms with Crippen LogP contribution in [0.5, 0.6) is 5.75 Å². The minimum atomic E-state index is -0.0569. The van der Waals surface area contributed by atoms with Crippen molar-refractivity contribution in [2.24, 2.45) is 0 Å². The monoisotopic (exact) mass is 331 g/mol. The number of carbonyl (C=O) groups is 1. The van der Waals surface area contributed by atoms with Gasteiger partial charge in [0.05, 0.1) is 12.8 Å². The number of anilines is 1. The molecule has 0 spiro atoms. The Hall–Kier alpha value is -2.00. The molecular formula is C19H22ClNO2. The summed E-state index contributed by atoms with van der Waals surface area (Å²) in [5.74, 6) is 1.06. The Balaban J connectivity index is 1.94. The predicted molar refractivity (Wildman–Crippen MR) is 95.5 cm³/mol. The number of benzene rings is 2. The molecule has 0 heterocycles. The van der Waals surface area contributed by atoms with Crippen molar-refractivity contribution in [3.8, 4) is 5.75 Å². The Bertz CT molecular complexity index is 666. The van der Waals surface area contributed by atoms with E-state index in [-0.39, 0.29) is 5.91 Å². The Labute approximate surface area is 142 Å². The molecule has 2 aromatic rings. The molecule has 0 unspecified atom stereocenters. The fourth-order valence-electron chi connectivity index (χ4n) is 2.32. The highest BCUT2D eigenvalue weighted by Gasteiger charge is 2.09. The van der Waals surface area contributed by atoms with Gasteiger partial charge in [-0.05, 0) is 41.7 Å². The lowest BCUT2D eigenvalue weighted by Gasteiger charge is -2.11. The van der Waals surface area contributed by atoms with Gasteiger partial charge < -0.3 is 10.1 Å². The summed E-state index contributed by atoms with van der Waals surface area (Å²) in [5.41, 5.74) is 3.06. The highest BCUT2D eigenvalue weighted by Crippen LogP contribution is 2.27. The molecule has 0 saturated heterocycles. The van der Waals surface area contributed by atoms with Crippen molar-refractivity contribution in [3.63, 3.8) is 0 Å². The number of halogens is 1. The van der Waals surface area contributed by atoms with Crippen molar-refractivity contribution in [1.29, 1.82) is 0 Å². The smallest absolute Gasteiger partial charge is 0.224 e. The van der Waals surface area contributed by atoms with Crippen LogP contribution in [-0.2, 0) is 11.2 Å². The van der Waals surface area contributed by atoms with Gasteiger partial charge in [0.25, 0.3) is 0 Å². The zero-order chi connectivity index (χ0) is 16.8. The van der Waals surface area contributed by atoms with E-state index in [1.807, 2.05) is 0 Å². The maximum Gasteiger partial charge on any atom is 0.224 e. The van der Waals surface area contributed by atoms with E-state index in [9.17, 15) is 4.79 Å². The molecule has 0 aliphatic heterocycles. The summed E-state index contributed by atoms with van der Waals surface area (Å²) in [6, 6.07) is 13.6. The first-order chi connectivity index (χ1) is 11.0. The Kier molecular flexibility index (Phi) is 6.05. The molecule has 4 heteroatoms. The standard InChI is InChI=1S/C19H22ClNO2/c1-13(2)15-7-4-14(5-8-15)6-11-19(22)21-17-12-16(20)9-10-18(17)23-3/h4-5,7-10,12-13H,6,11H2,1-3H3,(H,21,22). The van der Waals surface area contributed by atoms with Crippen molar-refractivity contribution >= 4 is 23.2 Å². The largest absolute Gasteiger partial charge is 0.495 e. The van der Waals surface area contributed by atoms with Crippen LogP contribution in [0.4, 0.5) is 5.69 Å². The average Bonchev–Trinajstić information content (AvgIpc) is 2.53. The van der Waals surface area contributed by atoms with Crippen LogP contribution in [0.3, 0.4) is 0 Å². The van der Waals surface area contributed by atoms with Crippen molar-refractivity contribution < 1.29 is 9.53 Å². The topological polar surface area (TPSA) is 38.3 Å². The van der Waals surface area contributed by atoms with Crippen molar-refractivity contribution in [3.05, 3.63) is 58.6 Å². The van der Waals surface area contributed by atoms with Crippen LogP contribution in [-0.4, -0.2) is 13.0 Å². The molecule has 0 atom stereocenters. The lowest BCUT2D eigenvalue weighted by Crippen LogP contribution is -2.13. The first-order valence-corrected chi connectivity index (χ1v) is 8.09. The summed E-state index contributed by atoms with van der Waals surface area (Å²) in [7, 11) is 1.56. The molecule has 1 N–H and O–H groups in total. The van der Waals surface area contributed by atoms with Crippen molar-refractivity contribution in [1.82, 2.24) is 0 Å². The molecule has 0 bridgehead atoms. The van der Waals surface area contributed by atoms with Gasteiger partial charge in [0.1, 0.15) is 5.75 Å². The lowest BCUT2D eigenvalue weighted by atomic mass is 10.0. The zero-order valence-electron chi connectivity index (χ0n) is 13.7. The number of hydrogen-bond donors (Lipinski definition) is 1. The van der Waals surface area contributed by atoms with Crippen LogP contribution >= 0.6 is 11.6 Å². The number of nitrogens with one attached hydrogen (secondary N) is 1. The van der Waals surface area contributed by atoms with E-state index >= 15 is 0 Å². The number of amides is 1. The molecule has 0 fully saturated rings. The van der Waals surface area contributed by atoms with Crippen LogP contribution in [0.25, 0.3) is 0 Å². The third-order valence-electron chi connectivity index (χ3n) is 3.72. The van der Waals surface area contributed by atoms with Gasteiger partial charge in [-0.25, -0.2) is 0 Å². The summed E-state index contributed by atoms with van der Waals surface area (Å²) < 4.78 is 5.23. The zero-order valence-corrected chi connectivity index (χ0v) is 14.5. The number of methoxy groups -OCH3 is 1. The maximum absolute atomic E-state index is 12.1. The van der Waals surface area contributed by atoms with Crippen LogP contribution in [0.2, 0.25) is 5.02 Å². The summed E-state index contributed by atoms with van der Waals surface area (Å²) in [5, 5.41) is 3.41. The Morgan fingerprint density at radius 2 is 1.87 bits per heavy atom. The number of hydrogen-bond acceptors (Lipinski definition) is 2. The van der Waals surface area contributed by atoms with Gasteiger partial charge in [-0.3, -0.25) is 4.79 Å². The fourth-order valence-corrected chi connectivity index (χ4v) is 2.49. The second-order valence-corrected chi connectivity index (χ2v) is 6.23. The second-order valence-electron chi connectivity index (χ2n) is 5.79. The van der Waals surface area contributed by atoms with Crippen LogP contribution in [0, 0.1) is 0 Å². The van der Waals surface area contributed by atoms with Gasteiger partial charge in [0.2, 0.25) is 5.91 Å². The van der Waals surface area contributed by atoms with Crippen LogP contribution in [0.15, 0.2) is 42.5 Å². The highest BCUT2D eigenvalue weighted by atomic mass is 35.5. The van der Waals surface area contributed by atoms with Gasteiger partial charge in [-0.1, -0.05) is 49.7 Å². The van der Waals surface area contributed by atoms with E-state index in [0.717, 1.165) is 5.56 Å². The Morgan fingerprint density at radius 1 is 1.17 bits per heavy atom. The molecule has 122 valence electrons. The van der Waals surface area contributed by atoms with E-state index in [4.69, 9.17) is 16.3 Å². The minimum Gasteiger partial charge on any atom is -0.495 e. The summed E-state index contributed by atoms with van der Waals surface area (Å²) in [6.45, 7) is 4.33. The van der Waals surface area contributed by atoms with Gasteiger partial charge in [0.15, 0.2) is 0 Å². The minimum absolute atomic E-state index is 0.0569. The van der Waals surface area contributed by atoms with E-state index in [1.54, 1.807) is 25.3 Å². The lowest BCUT2D eigenvalue weighted by molar-refractivity contribution is -0.116. The van der Waals surface area contributed by atoms with E-state index in [1.165, 1.54) is 5.56 Å². The summed E-state index contributed by atoms with van der Waals surface area (Å²) in [6.07, 6.45) is 1.11. The molecule has 0 saturated carbocycles. The molecule has 2 aromatic carbocycles. The number of ether oxygens (including phenoxy) is 1. The first-order valence-electron chi connectivity index (χ1n) is 7.72. The van der Waals surface area contributed by atoms with Crippen LogP contribution < -0.4 is 10.1 Å². The van der Waals surface area contributed by atoms with E-state index < -0.39 is 0 Å². The van der Waals surface area contributed by atoms with Crippen molar-refractivity contribution in [2.75, 3.05) is 12.4 Å². The molecule has 3 nitrogen and oxygen atoms in total. The molecule has 0 radical (unpaired) electrons. The molecule has 0 aliphatic carbocycles.